The van der Waals surface area contributed by atoms with Gasteiger partial charge in [0.1, 0.15) is 12.2 Å². The monoisotopic (exact) mass is 582 g/mol. The molecule has 1 fully saturated rings. The second-order valence-electron chi connectivity index (χ2n) is 6.07. The Morgan fingerprint density at radius 2 is 1.90 bits per heavy atom. The number of ether oxygens (including phenoxy) is 2. The Labute approximate surface area is 195 Å². The second kappa shape index (κ2) is 9.43. The van der Waals surface area contributed by atoms with Gasteiger partial charge in [-0.15, -0.1) is 0 Å². The summed E-state index contributed by atoms with van der Waals surface area (Å²) in [5.41, 5.74) is 0.723. The number of hydrogen-bond acceptors (Lipinski definition) is 5. The van der Waals surface area contributed by atoms with E-state index in [9.17, 15) is 14.4 Å². The van der Waals surface area contributed by atoms with Gasteiger partial charge in [0, 0.05) is 4.47 Å². The molecule has 0 atom stereocenters. The van der Waals surface area contributed by atoms with Gasteiger partial charge < -0.3 is 9.47 Å². The van der Waals surface area contributed by atoms with Crippen LogP contribution in [0.4, 0.5) is 10.5 Å². The average molecular weight is 583 g/mol. The van der Waals surface area contributed by atoms with Gasteiger partial charge in [-0.2, -0.15) is 0 Å². The number of benzene rings is 2. The highest BCUT2D eigenvalue weighted by molar-refractivity contribution is 14.1. The van der Waals surface area contributed by atoms with Crippen molar-refractivity contribution >= 4 is 68.1 Å². The van der Waals surface area contributed by atoms with Crippen molar-refractivity contribution < 1.29 is 23.9 Å². The van der Waals surface area contributed by atoms with Gasteiger partial charge in [-0.1, -0.05) is 28.6 Å². The number of hydrogen-bond donors (Lipinski definition) is 1. The third kappa shape index (κ3) is 4.57. The number of carbonyl (C=O) groups excluding carboxylic acids is 3. The lowest BCUT2D eigenvalue weighted by molar-refractivity contribution is -0.122. The fraction of sp³-hybridized carbons (Fsp3) is 0.0952. The Morgan fingerprint density at radius 3 is 2.53 bits per heavy atom. The molecule has 7 nitrogen and oxygen atoms in total. The van der Waals surface area contributed by atoms with E-state index in [4.69, 9.17) is 9.47 Å². The van der Waals surface area contributed by atoms with Crippen LogP contribution in [0, 0.1) is 3.57 Å². The Balaban J connectivity index is 2.01. The van der Waals surface area contributed by atoms with Crippen molar-refractivity contribution in [3.8, 4) is 11.5 Å². The molecule has 3 rings (SSSR count). The SMILES string of the molecule is C=CCOc1c(I)cc(/C=C2/C(=O)NC(=O)N(c3ccc(Br)cc3)C2=O)cc1OC. The molecule has 30 heavy (non-hydrogen) atoms. The Hall–Kier alpha value is -2.66. The Kier molecular flexibility index (Phi) is 6.93. The van der Waals surface area contributed by atoms with Crippen molar-refractivity contribution in [2.45, 2.75) is 0 Å². The maximum Gasteiger partial charge on any atom is 0.335 e. The molecule has 4 amide bonds. The van der Waals surface area contributed by atoms with Gasteiger partial charge in [0.2, 0.25) is 0 Å². The van der Waals surface area contributed by atoms with Crippen molar-refractivity contribution in [3.05, 3.63) is 68.2 Å². The van der Waals surface area contributed by atoms with E-state index in [1.807, 2.05) is 0 Å². The normalized spacial score (nSPS) is 15.2. The Bertz CT molecular complexity index is 1070. The first kappa shape index (κ1) is 22.0. The number of rotatable bonds is 6. The molecule has 1 aliphatic rings. The van der Waals surface area contributed by atoms with E-state index in [1.54, 1.807) is 42.5 Å². The van der Waals surface area contributed by atoms with Crippen molar-refractivity contribution in [1.82, 2.24) is 5.32 Å². The fourth-order valence-corrected chi connectivity index (χ4v) is 3.80. The van der Waals surface area contributed by atoms with Crippen LogP contribution in [0.1, 0.15) is 5.56 Å². The molecule has 9 heteroatoms. The standard InChI is InChI=1S/C21H16BrIN2O5/c1-3-8-30-18-16(23)10-12(11-17(18)29-2)9-15-19(26)24-21(28)25(20(15)27)14-6-4-13(22)5-7-14/h3-7,9-11H,1,8H2,2H3,(H,24,26,28)/b15-9-. The Morgan fingerprint density at radius 1 is 1.20 bits per heavy atom. The van der Waals surface area contributed by atoms with Crippen LogP contribution < -0.4 is 19.7 Å². The number of amides is 4. The number of anilines is 1. The van der Waals surface area contributed by atoms with E-state index in [0.29, 0.717) is 29.4 Å². The highest BCUT2D eigenvalue weighted by Crippen LogP contribution is 2.35. The number of methoxy groups -OCH3 is 1. The average Bonchev–Trinajstić information content (AvgIpc) is 2.71. The molecule has 2 aromatic rings. The lowest BCUT2D eigenvalue weighted by Crippen LogP contribution is -2.54. The zero-order valence-corrected chi connectivity index (χ0v) is 19.5. The van der Waals surface area contributed by atoms with Gasteiger partial charge >= 0.3 is 6.03 Å². The molecule has 1 heterocycles. The second-order valence-corrected chi connectivity index (χ2v) is 8.15. The lowest BCUT2D eigenvalue weighted by atomic mass is 10.1. The molecule has 2 aromatic carbocycles. The molecule has 0 radical (unpaired) electrons. The van der Waals surface area contributed by atoms with Crippen molar-refractivity contribution in [3.63, 3.8) is 0 Å². The minimum Gasteiger partial charge on any atom is -0.493 e. The predicted molar refractivity (Wildman–Crippen MR) is 125 cm³/mol. The first-order valence-corrected chi connectivity index (χ1v) is 10.5. The van der Waals surface area contributed by atoms with E-state index in [0.717, 1.165) is 12.9 Å². The number of nitrogens with zero attached hydrogens (tertiary/aromatic N) is 1. The molecular weight excluding hydrogens is 567 g/mol. The molecule has 0 aromatic heterocycles. The van der Waals surface area contributed by atoms with Crippen LogP contribution in [0.25, 0.3) is 6.08 Å². The quantitative estimate of drug-likeness (QED) is 0.238. The van der Waals surface area contributed by atoms with Crippen LogP contribution in [0.5, 0.6) is 11.5 Å². The first-order valence-electron chi connectivity index (χ1n) is 8.64. The molecule has 1 N–H and O–H groups in total. The van der Waals surface area contributed by atoms with Gasteiger partial charge in [-0.05, 0) is 70.6 Å². The largest absolute Gasteiger partial charge is 0.493 e. The zero-order valence-electron chi connectivity index (χ0n) is 15.8. The molecule has 1 aliphatic heterocycles. The number of halogens is 2. The van der Waals surface area contributed by atoms with Crippen molar-refractivity contribution in [1.29, 1.82) is 0 Å². The first-order chi connectivity index (χ1) is 14.3. The van der Waals surface area contributed by atoms with Crippen LogP contribution in [-0.4, -0.2) is 31.6 Å². The molecular formula is C21H16BrIN2O5. The topological polar surface area (TPSA) is 84.9 Å². The molecule has 0 bridgehead atoms. The summed E-state index contributed by atoms with van der Waals surface area (Å²) in [6, 6.07) is 9.20. The summed E-state index contributed by atoms with van der Waals surface area (Å²) in [6.07, 6.45) is 3.03. The minimum absolute atomic E-state index is 0.171. The highest BCUT2D eigenvalue weighted by atomic mass is 127. The number of barbiturate groups is 1. The van der Waals surface area contributed by atoms with Gasteiger partial charge in [0.25, 0.3) is 11.8 Å². The van der Waals surface area contributed by atoms with Crippen LogP contribution in [0.3, 0.4) is 0 Å². The van der Waals surface area contributed by atoms with Crippen LogP contribution in [-0.2, 0) is 9.59 Å². The lowest BCUT2D eigenvalue weighted by Gasteiger charge is -2.26. The summed E-state index contributed by atoms with van der Waals surface area (Å²) >= 11 is 5.39. The van der Waals surface area contributed by atoms with Crippen LogP contribution >= 0.6 is 38.5 Å². The van der Waals surface area contributed by atoms with E-state index in [2.05, 4.69) is 50.4 Å². The third-order valence-electron chi connectivity index (χ3n) is 4.09. The molecule has 0 unspecified atom stereocenters. The van der Waals surface area contributed by atoms with Gasteiger partial charge in [0.15, 0.2) is 11.5 Å². The van der Waals surface area contributed by atoms with Crippen LogP contribution in [0.2, 0.25) is 0 Å². The van der Waals surface area contributed by atoms with E-state index in [1.165, 1.54) is 13.2 Å². The van der Waals surface area contributed by atoms with E-state index >= 15 is 0 Å². The minimum atomic E-state index is -0.801. The summed E-state index contributed by atoms with van der Waals surface area (Å²) in [6.45, 7) is 3.92. The van der Waals surface area contributed by atoms with Gasteiger partial charge in [-0.3, -0.25) is 14.9 Å². The summed E-state index contributed by atoms with van der Waals surface area (Å²) < 4.78 is 12.5. The number of imide groups is 2. The van der Waals surface area contributed by atoms with Crippen molar-refractivity contribution in [2.24, 2.45) is 0 Å². The number of nitrogens with one attached hydrogen (secondary N) is 1. The molecule has 0 spiro atoms. The summed E-state index contributed by atoms with van der Waals surface area (Å²) in [5.74, 6) is -0.502. The summed E-state index contributed by atoms with van der Waals surface area (Å²) in [4.78, 5) is 38.6. The predicted octanol–water partition coefficient (Wildman–Crippen LogP) is 4.29. The van der Waals surface area contributed by atoms with Crippen molar-refractivity contribution in [2.75, 3.05) is 18.6 Å². The molecule has 0 saturated carbocycles. The fourth-order valence-electron chi connectivity index (χ4n) is 2.75. The van der Waals surface area contributed by atoms with Gasteiger partial charge in [-0.25, -0.2) is 9.69 Å². The van der Waals surface area contributed by atoms with E-state index in [-0.39, 0.29) is 5.57 Å². The van der Waals surface area contributed by atoms with Crippen LogP contribution in [0.15, 0.2) is 59.1 Å². The molecule has 0 aliphatic carbocycles. The summed E-state index contributed by atoms with van der Waals surface area (Å²) in [7, 11) is 1.50. The van der Waals surface area contributed by atoms with E-state index < -0.39 is 17.8 Å². The highest BCUT2D eigenvalue weighted by Gasteiger charge is 2.36. The third-order valence-corrected chi connectivity index (χ3v) is 5.42. The zero-order chi connectivity index (χ0) is 21.8. The molecule has 1 saturated heterocycles. The maximum atomic E-state index is 13.0. The summed E-state index contributed by atoms with van der Waals surface area (Å²) in [5, 5.41) is 2.20. The number of carbonyl (C=O) groups is 3. The van der Waals surface area contributed by atoms with Gasteiger partial charge in [0.05, 0.1) is 16.4 Å². The molecule has 154 valence electrons. The maximum absolute atomic E-state index is 13.0. The smallest absolute Gasteiger partial charge is 0.335 e. The number of urea groups is 1.